The highest BCUT2D eigenvalue weighted by Gasteiger charge is 2.47. The maximum atomic E-state index is 8.74. The first-order valence-corrected chi connectivity index (χ1v) is 12.3. The van der Waals surface area contributed by atoms with Gasteiger partial charge in [0.15, 0.2) is 0 Å². The molecule has 8 aliphatic carbocycles. The molecule has 0 unspecified atom stereocenters. The number of nitrogens with two attached hydrogens (primary N) is 2. The lowest BCUT2D eigenvalue weighted by Crippen LogP contribution is -2.52. The molecule has 0 spiro atoms. The zero-order valence-electron chi connectivity index (χ0n) is 16.1. The van der Waals surface area contributed by atoms with Crippen molar-refractivity contribution in [1.82, 2.24) is 0 Å². The zero-order chi connectivity index (χ0) is 19.3. The summed E-state index contributed by atoms with van der Waals surface area (Å²) in [7, 11) is -4.67. The Bertz CT molecular complexity index is 534. The maximum Gasteiger partial charge on any atom is 0.394 e. The third kappa shape index (κ3) is 4.69. The van der Waals surface area contributed by atoms with Gasteiger partial charge >= 0.3 is 10.4 Å². The second-order valence-corrected chi connectivity index (χ2v) is 11.4. The molecule has 7 heteroatoms. The summed E-state index contributed by atoms with van der Waals surface area (Å²) in [6.45, 7) is 0. The Morgan fingerprint density at radius 1 is 0.519 bits per heavy atom. The predicted molar refractivity (Wildman–Crippen MR) is 104 cm³/mol. The molecule has 0 aliphatic heterocycles. The predicted octanol–water partition coefficient (Wildman–Crippen LogP) is 2.89. The summed E-state index contributed by atoms with van der Waals surface area (Å²) in [6, 6.07) is 1.17. The fourth-order valence-electron chi connectivity index (χ4n) is 7.93. The number of hydrogen-bond donors (Lipinski definition) is 4. The molecule has 0 amide bonds. The van der Waals surface area contributed by atoms with E-state index < -0.39 is 10.4 Å². The monoisotopic (exact) mass is 400 g/mol. The van der Waals surface area contributed by atoms with Gasteiger partial charge in [-0.2, -0.15) is 8.42 Å². The van der Waals surface area contributed by atoms with Crippen molar-refractivity contribution >= 4 is 10.4 Å². The molecule has 8 fully saturated rings. The average Bonchev–Trinajstić information content (AvgIpc) is 2.55. The molecule has 8 saturated carbocycles. The van der Waals surface area contributed by atoms with Crippen LogP contribution in [0.25, 0.3) is 0 Å². The van der Waals surface area contributed by atoms with Crippen molar-refractivity contribution in [2.24, 2.45) is 58.8 Å². The highest BCUT2D eigenvalue weighted by molar-refractivity contribution is 7.79. The van der Waals surface area contributed by atoms with Crippen molar-refractivity contribution in [3.63, 3.8) is 0 Å². The van der Waals surface area contributed by atoms with E-state index in [0.717, 1.165) is 47.3 Å². The molecule has 6 nitrogen and oxygen atoms in total. The minimum Gasteiger partial charge on any atom is -0.327 e. The molecule has 0 heterocycles. The Balaban J connectivity index is 0.000000108. The van der Waals surface area contributed by atoms with Crippen LogP contribution in [0.15, 0.2) is 0 Å². The van der Waals surface area contributed by atoms with Gasteiger partial charge in [0, 0.05) is 12.1 Å². The zero-order valence-corrected chi connectivity index (χ0v) is 16.9. The minimum absolute atomic E-state index is 0.586. The molecule has 0 saturated heterocycles. The van der Waals surface area contributed by atoms with E-state index in [1.165, 1.54) is 51.4 Å². The third-order valence-corrected chi connectivity index (χ3v) is 8.60. The summed E-state index contributed by atoms with van der Waals surface area (Å²) >= 11 is 0. The Morgan fingerprint density at radius 3 is 0.889 bits per heavy atom. The van der Waals surface area contributed by atoms with E-state index in [0.29, 0.717) is 12.1 Å². The van der Waals surface area contributed by atoms with Gasteiger partial charge < -0.3 is 11.5 Å². The van der Waals surface area contributed by atoms with Crippen molar-refractivity contribution in [1.29, 1.82) is 0 Å². The lowest BCUT2D eigenvalue weighted by atomic mass is 9.54. The Hall–Kier alpha value is -0.210. The summed E-state index contributed by atoms with van der Waals surface area (Å²) in [4.78, 5) is 0. The van der Waals surface area contributed by atoms with E-state index in [4.69, 9.17) is 29.0 Å². The molecule has 0 radical (unpaired) electrons. The van der Waals surface area contributed by atoms with E-state index in [1.807, 2.05) is 0 Å². The average molecular weight is 401 g/mol. The van der Waals surface area contributed by atoms with Gasteiger partial charge in [0.25, 0.3) is 0 Å². The summed E-state index contributed by atoms with van der Waals surface area (Å²) < 4.78 is 31.6. The SMILES string of the molecule is NC1C2CC3CC(C2)CC1C3.NC1C2CC3CC(C2)CC1C3.O=S(=O)(O)O. The first-order valence-electron chi connectivity index (χ1n) is 10.9. The Labute approximate surface area is 163 Å². The van der Waals surface area contributed by atoms with Crippen LogP contribution in [0.1, 0.15) is 64.2 Å². The van der Waals surface area contributed by atoms with Crippen LogP contribution >= 0.6 is 0 Å². The van der Waals surface area contributed by atoms with E-state index in [9.17, 15) is 0 Å². The smallest absolute Gasteiger partial charge is 0.327 e. The van der Waals surface area contributed by atoms with Crippen LogP contribution in [0, 0.1) is 47.3 Å². The Kier molecular flexibility index (Phi) is 5.62. The first-order chi connectivity index (χ1) is 12.7. The molecule has 8 aliphatic rings. The minimum atomic E-state index is -4.67. The summed E-state index contributed by atoms with van der Waals surface area (Å²) in [6.07, 6.45) is 14.8. The van der Waals surface area contributed by atoms with Crippen molar-refractivity contribution < 1.29 is 17.5 Å². The van der Waals surface area contributed by atoms with Crippen molar-refractivity contribution in [3.05, 3.63) is 0 Å². The number of rotatable bonds is 0. The van der Waals surface area contributed by atoms with E-state index >= 15 is 0 Å². The summed E-state index contributed by atoms with van der Waals surface area (Å²) in [5.41, 5.74) is 12.3. The number of hydrogen-bond acceptors (Lipinski definition) is 4. The Morgan fingerprint density at radius 2 is 0.704 bits per heavy atom. The molecule has 6 N–H and O–H groups in total. The molecule has 0 aromatic heterocycles. The van der Waals surface area contributed by atoms with Crippen LogP contribution in [0.5, 0.6) is 0 Å². The van der Waals surface area contributed by atoms with Crippen LogP contribution in [-0.2, 0) is 10.4 Å². The highest BCUT2D eigenvalue weighted by Crippen LogP contribution is 2.53. The van der Waals surface area contributed by atoms with Crippen LogP contribution in [-0.4, -0.2) is 29.6 Å². The van der Waals surface area contributed by atoms with Gasteiger partial charge in [-0.3, -0.25) is 9.11 Å². The maximum absolute atomic E-state index is 8.74. The van der Waals surface area contributed by atoms with Gasteiger partial charge in [0.1, 0.15) is 0 Å². The van der Waals surface area contributed by atoms with Crippen LogP contribution in [0.3, 0.4) is 0 Å². The van der Waals surface area contributed by atoms with Gasteiger partial charge in [-0.05, 0) is 112 Å². The highest BCUT2D eigenvalue weighted by atomic mass is 32.3. The topological polar surface area (TPSA) is 127 Å². The molecular formula is C20H36N2O4S. The van der Waals surface area contributed by atoms with Crippen LogP contribution in [0.2, 0.25) is 0 Å². The normalized spacial score (nSPS) is 51.3. The quantitative estimate of drug-likeness (QED) is 0.463. The molecule has 0 aromatic rings. The standard InChI is InChI=1S/2C10H17N.H2O4S/c2*11-10-8-2-6-1-7(4-8)5-9(10)3-6;1-5(2,3)4/h2*6-10H,1-5,11H2;(H2,1,2,3,4). The van der Waals surface area contributed by atoms with E-state index in [-0.39, 0.29) is 0 Å². The fourth-order valence-corrected chi connectivity index (χ4v) is 7.93. The summed E-state index contributed by atoms with van der Waals surface area (Å²) in [5.74, 6) is 8.01. The van der Waals surface area contributed by atoms with Crippen molar-refractivity contribution in [2.45, 2.75) is 76.3 Å². The third-order valence-electron chi connectivity index (χ3n) is 8.60. The van der Waals surface area contributed by atoms with Gasteiger partial charge in [-0.25, -0.2) is 0 Å². The van der Waals surface area contributed by atoms with Crippen molar-refractivity contribution in [3.8, 4) is 0 Å². The van der Waals surface area contributed by atoms with Crippen LogP contribution in [0.4, 0.5) is 0 Å². The second kappa shape index (κ2) is 7.56. The fraction of sp³-hybridized carbons (Fsp3) is 1.00. The lowest BCUT2D eigenvalue weighted by molar-refractivity contribution is 0.000322. The molecule has 8 rings (SSSR count). The molecule has 0 atom stereocenters. The van der Waals surface area contributed by atoms with Gasteiger partial charge in [-0.15, -0.1) is 0 Å². The first kappa shape index (κ1) is 20.1. The van der Waals surface area contributed by atoms with E-state index in [1.54, 1.807) is 12.8 Å². The van der Waals surface area contributed by atoms with Crippen LogP contribution < -0.4 is 11.5 Å². The van der Waals surface area contributed by atoms with Gasteiger partial charge in [0.05, 0.1) is 0 Å². The lowest BCUT2D eigenvalue weighted by Gasteiger charge is -2.53. The molecule has 27 heavy (non-hydrogen) atoms. The second-order valence-electron chi connectivity index (χ2n) is 10.5. The molecular weight excluding hydrogens is 364 g/mol. The molecule has 156 valence electrons. The molecule has 0 aromatic carbocycles. The largest absolute Gasteiger partial charge is 0.394 e. The summed E-state index contributed by atoms with van der Waals surface area (Å²) in [5, 5.41) is 0. The van der Waals surface area contributed by atoms with Crippen molar-refractivity contribution in [2.75, 3.05) is 0 Å². The van der Waals surface area contributed by atoms with Gasteiger partial charge in [0.2, 0.25) is 0 Å². The van der Waals surface area contributed by atoms with Gasteiger partial charge in [-0.1, -0.05) is 0 Å². The molecule has 8 bridgehead atoms. The van der Waals surface area contributed by atoms with E-state index in [2.05, 4.69) is 0 Å².